The van der Waals surface area contributed by atoms with Crippen molar-refractivity contribution in [2.24, 2.45) is 5.10 Å². The van der Waals surface area contributed by atoms with Crippen molar-refractivity contribution in [2.75, 3.05) is 4.90 Å². The quantitative estimate of drug-likeness (QED) is 0.243. The molecule has 0 spiro atoms. The predicted octanol–water partition coefficient (Wildman–Crippen LogP) is 4.61. The number of halogens is 3. The molecule has 12 nitrogen and oxygen atoms in total. The third-order valence-corrected chi connectivity index (χ3v) is 6.64. The number of carbonyl (C=O) groups is 3. The molecule has 2 heterocycles. The van der Waals surface area contributed by atoms with Gasteiger partial charge < -0.3 is 15.2 Å². The Labute approximate surface area is 255 Å². The summed E-state index contributed by atoms with van der Waals surface area (Å²) in [7, 11) is 0. The molecule has 2 aromatic carbocycles. The number of hydrazone groups is 1. The Morgan fingerprint density at radius 3 is 2.49 bits per heavy atom. The number of rotatable bonds is 8. The van der Waals surface area contributed by atoms with E-state index in [0.717, 1.165) is 34.5 Å². The number of carboxylic acid groups (broad SMARTS) is 1. The van der Waals surface area contributed by atoms with Gasteiger partial charge in [0.2, 0.25) is 5.91 Å². The van der Waals surface area contributed by atoms with Gasteiger partial charge in [-0.25, -0.2) is 20.0 Å². The fourth-order valence-electron chi connectivity index (χ4n) is 4.60. The molecule has 3 aromatic rings. The zero-order valence-electron chi connectivity index (χ0n) is 24.6. The number of benzene rings is 2. The first-order valence-electron chi connectivity index (χ1n) is 13.8. The molecular weight excluding hydrogens is 597 g/mol. The number of nitrogens with one attached hydrogen (secondary N) is 2. The van der Waals surface area contributed by atoms with Crippen molar-refractivity contribution in [2.45, 2.75) is 64.5 Å². The van der Waals surface area contributed by atoms with Crippen LogP contribution in [0.15, 0.2) is 64.6 Å². The van der Waals surface area contributed by atoms with Gasteiger partial charge in [0.05, 0.1) is 24.5 Å². The van der Waals surface area contributed by atoms with Crippen LogP contribution in [0.2, 0.25) is 0 Å². The molecule has 1 atom stereocenters. The van der Waals surface area contributed by atoms with Gasteiger partial charge >= 0.3 is 18.4 Å². The average molecular weight is 629 g/mol. The number of aromatic nitrogens is 2. The van der Waals surface area contributed by atoms with Crippen LogP contribution >= 0.6 is 0 Å². The molecule has 0 aliphatic carbocycles. The van der Waals surface area contributed by atoms with Crippen molar-refractivity contribution < 1.29 is 37.4 Å². The van der Waals surface area contributed by atoms with Gasteiger partial charge in [0.15, 0.2) is 0 Å². The number of amides is 3. The summed E-state index contributed by atoms with van der Waals surface area (Å²) in [6, 6.07) is 10.1. The van der Waals surface area contributed by atoms with E-state index in [9.17, 15) is 37.5 Å². The summed E-state index contributed by atoms with van der Waals surface area (Å²) >= 11 is 0. The highest BCUT2D eigenvalue weighted by atomic mass is 19.4. The second kappa shape index (κ2) is 13.2. The van der Waals surface area contributed by atoms with Crippen molar-refractivity contribution in [3.8, 4) is 0 Å². The van der Waals surface area contributed by atoms with Crippen LogP contribution in [-0.2, 0) is 35.2 Å². The maximum Gasteiger partial charge on any atom is 0.428 e. The maximum atomic E-state index is 13.5. The SMILES string of the molecule is CC(C)(C)OC(=O)NN=Cc1ccc(CNC(=O)[C@@H]2CCc3ncc(N(Cc4cccc(C(F)(F)F)c4)C(=O)O)c(=O)n32)cc1. The van der Waals surface area contributed by atoms with E-state index in [-0.39, 0.29) is 30.0 Å². The number of carbonyl (C=O) groups excluding carboxylic acids is 2. The highest BCUT2D eigenvalue weighted by Gasteiger charge is 2.34. The fraction of sp³-hybridized carbons (Fsp3) is 0.333. The van der Waals surface area contributed by atoms with Gasteiger partial charge in [-0.3, -0.25) is 19.1 Å². The Morgan fingerprint density at radius 2 is 1.84 bits per heavy atom. The molecule has 1 aliphatic rings. The molecule has 238 valence electrons. The number of aryl methyl sites for hydroxylation is 1. The van der Waals surface area contributed by atoms with E-state index in [0.29, 0.717) is 16.9 Å². The van der Waals surface area contributed by atoms with E-state index in [1.807, 2.05) is 0 Å². The number of hydrogen-bond acceptors (Lipinski definition) is 7. The van der Waals surface area contributed by atoms with E-state index < -0.39 is 53.6 Å². The van der Waals surface area contributed by atoms with Crippen LogP contribution < -0.4 is 21.2 Å². The molecule has 1 aliphatic heterocycles. The minimum absolute atomic E-state index is 0.0167. The van der Waals surface area contributed by atoms with Crippen LogP contribution in [0.25, 0.3) is 0 Å². The van der Waals surface area contributed by atoms with Crippen LogP contribution in [0, 0.1) is 0 Å². The van der Waals surface area contributed by atoms with E-state index in [4.69, 9.17) is 4.74 Å². The zero-order valence-corrected chi connectivity index (χ0v) is 24.6. The molecule has 0 saturated carbocycles. The molecule has 4 rings (SSSR count). The molecule has 0 fully saturated rings. The van der Waals surface area contributed by atoms with Crippen LogP contribution in [-0.4, -0.2) is 44.6 Å². The number of ether oxygens (including phenoxy) is 1. The summed E-state index contributed by atoms with van der Waals surface area (Å²) in [6.07, 6.45) is -3.87. The van der Waals surface area contributed by atoms with Gasteiger partial charge in [-0.1, -0.05) is 36.4 Å². The molecule has 1 aromatic heterocycles. The Morgan fingerprint density at radius 1 is 1.13 bits per heavy atom. The van der Waals surface area contributed by atoms with Crippen LogP contribution in [0.4, 0.5) is 28.4 Å². The van der Waals surface area contributed by atoms with Gasteiger partial charge in [0.25, 0.3) is 5.56 Å². The lowest BCUT2D eigenvalue weighted by Crippen LogP contribution is -2.40. The lowest BCUT2D eigenvalue weighted by atomic mass is 10.1. The third kappa shape index (κ3) is 8.46. The lowest BCUT2D eigenvalue weighted by Gasteiger charge is -2.21. The minimum atomic E-state index is -4.63. The second-order valence-corrected chi connectivity index (χ2v) is 11.2. The predicted molar refractivity (Wildman–Crippen MR) is 157 cm³/mol. The van der Waals surface area contributed by atoms with Crippen molar-refractivity contribution in [3.63, 3.8) is 0 Å². The monoisotopic (exact) mass is 628 g/mol. The number of alkyl halides is 3. The zero-order chi connectivity index (χ0) is 32.9. The van der Waals surface area contributed by atoms with Gasteiger partial charge in [-0.05, 0) is 56.0 Å². The molecule has 3 N–H and O–H groups in total. The topological polar surface area (TPSA) is 155 Å². The number of nitrogens with zero attached hydrogens (tertiary/aromatic N) is 4. The number of anilines is 1. The van der Waals surface area contributed by atoms with Crippen molar-refractivity contribution in [3.05, 3.63) is 93.2 Å². The highest BCUT2D eigenvalue weighted by molar-refractivity contribution is 5.86. The van der Waals surface area contributed by atoms with Crippen molar-refractivity contribution >= 4 is 30.0 Å². The summed E-state index contributed by atoms with van der Waals surface area (Å²) in [4.78, 5) is 55.2. The molecule has 3 amide bonds. The Hall–Kier alpha value is -5.21. The first-order chi connectivity index (χ1) is 21.1. The Balaban J connectivity index is 1.43. The summed E-state index contributed by atoms with van der Waals surface area (Å²) in [5.74, 6) is -0.196. The summed E-state index contributed by atoms with van der Waals surface area (Å²) in [5.41, 5.74) is 0.887. The number of hydrogen-bond donors (Lipinski definition) is 3. The summed E-state index contributed by atoms with van der Waals surface area (Å²) in [5, 5.41) is 16.4. The maximum absolute atomic E-state index is 13.5. The van der Waals surface area contributed by atoms with E-state index >= 15 is 0 Å². The first-order valence-corrected chi connectivity index (χ1v) is 13.8. The van der Waals surface area contributed by atoms with Gasteiger partial charge in [0, 0.05) is 13.0 Å². The molecular formula is C30H31F3N6O6. The van der Waals surface area contributed by atoms with Crippen molar-refractivity contribution in [1.82, 2.24) is 20.3 Å². The van der Waals surface area contributed by atoms with E-state index in [1.54, 1.807) is 45.0 Å². The lowest BCUT2D eigenvalue weighted by molar-refractivity contribution is -0.137. The minimum Gasteiger partial charge on any atom is -0.465 e. The molecule has 45 heavy (non-hydrogen) atoms. The standard InChI is InChI=1S/C30H31F3N6O6/c1-29(2,3)45-27(42)37-36-15-19-9-7-18(8-10-19)14-35-25(40)22-11-12-24-34-16-23(26(41)39(22)24)38(28(43)44)17-20-5-4-6-21(13-20)30(31,32)33/h4-10,13,15-16,22H,11-12,14,17H2,1-3H3,(H,35,40)(H,37,42)(H,43,44)/t22-/m0/s1. The molecule has 0 radical (unpaired) electrons. The first kappa shape index (κ1) is 32.7. The van der Waals surface area contributed by atoms with Gasteiger partial charge in [-0.15, -0.1) is 0 Å². The van der Waals surface area contributed by atoms with Gasteiger partial charge in [0.1, 0.15) is 23.2 Å². The fourth-order valence-corrected chi connectivity index (χ4v) is 4.60. The Bertz CT molecular complexity index is 1660. The Kier molecular flexibility index (Phi) is 9.59. The molecule has 0 unspecified atom stereocenters. The third-order valence-electron chi connectivity index (χ3n) is 6.64. The number of fused-ring (bicyclic) bond motifs is 1. The second-order valence-electron chi connectivity index (χ2n) is 11.2. The average Bonchev–Trinajstić information content (AvgIpc) is 3.40. The van der Waals surface area contributed by atoms with Crippen molar-refractivity contribution in [1.29, 1.82) is 0 Å². The smallest absolute Gasteiger partial charge is 0.428 e. The summed E-state index contributed by atoms with van der Waals surface area (Å²) in [6.45, 7) is 4.77. The van der Waals surface area contributed by atoms with Crippen LogP contribution in [0.5, 0.6) is 0 Å². The van der Waals surface area contributed by atoms with Gasteiger partial charge in [-0.2, -0.15) is 18.3 Å². The highest BCUT2D eigenvalue weighted by Crippen LogP contribution is 2.30. The molecule has 0 bridgehead atoms. The van der Waals surface area contributed by atoms with E-state index in [2.05, 4.69) is 20.8 Å². The summed E-state index contributed by atoms with van der Waals surface area (Å²) < 4.78 is 45.7. The molecule has 15 heteroatoms. The molecule has 0 saturated heterocycles. The normalized spacial score (nSPS) is 14.6. The van der Waals surface area contributed by atoms with E-state index in [1.165, 1.54) is 12.3 Å². The largest absolute Gasteiger partial charge is 0.465 e. The van der Waals surface area contributed by atoms with Crippen LogP contribution in [0.3, 0.4) is 0 Å². The van der Waals surface area contributed by atoms with Crippen LogP contribution in [0.1, 0.15) is 61.3 Å².